The molecule has 1 fully saturated rings. The van der Waals surface area contributed by atoms with Crippen LogP contribution in [0.4, 0.5) is 11.4 Å². The Balaban J connectivity index is 1.99. The van der Waals surface area contributed by atoms with Crippen LogP contribution in [-0.4, -0.2) is 24.4 Å². The molecule has 2 amide bonds. The summed E-state index contributed by atoms with van der Waals surface area (Å²) >= 11 is 0. The van der Waals surface area contributed by atoms with Gasteiger partial charge < -0.3 is 16.0 Å². The summed E-state index contributed by atoms with van der Waals surface area (Å²) in [5.74, 6) is 0.131. The molecule has 1 heterocycles. The Kier molecular flexibility index (Phi) is 4.96. The Hall–Kier alpha value is -1.88. The van der Waals surface area contributed by atoms with Crippen LogP contribution in [0.15, 0.2) is 24.3 Å². The average Bonchev–Trinajstić information content (AvgIpc) is 2.92. The normalized spacial score (nSPS) is 17.7. The highest BCUT2D eigenvalue weighted by atomic mass is 16.2. The van der Waals surface area contributed by atoms with Gasteiger partial charge in [-0.1, -0.05) is 20.3 Å². The van der Waals surface area contributed by atoms with E-state index in [0.29, 0.717) is 12.1 Å². The molecule has 0 unspecified atom stereocenters. The van der Waals surface area contributed by atoms with Crippen LogP contribution in [-0.2, 0) is 9.59 Å². The number of nitrogens with two attached hydrogens (primary N) is 1. The van der Waals surface area contributed by atoms with Gasteiger partial charge in [0.1, 0.15) is 0 Å². The van der Waals surface area contributed by atoms with E-state index in [1.54, 1.807) is 4.90 Å². The molecule has 2 rings (SSSR count). The van der Waals surface area contributed by atoms with Crippen molar-refractivity contribution in [2.45, 2.75) is 39.2 Å². The van der Waals surface area contributed by atoms with Crippen LogP contribution in [0.3, 0.4) is 0 Å². The Morgan fingerprint density at radius 1 is 1.38 bits per heavy atom. The maximum absolute atomic E-state index is 12.0. The molecule has 1 aromatic rings. The highest BCUT2D eigenvalue weighted by molar-refractivity contribution is 5.97. The van der Waals surface area contributed by atoms with Gasteiger partial charge in [-0.2, -0.15) is 0 Å². The third kappa shape index (κ3) is 3.61. The van der Waals surface area contributed by atoms with E-state index in [-0.39, 0.29) is 17.7 Å². The number of benzene rings is 1. The maximum Gasteiger partial charge on any atom is 0.241 e. The van der Waals surface area contributed by atoms with Crippen molar-refractivity contribution < 1.29 is 9.59 Å². The van der Waals surface area contributed by atoms with Gasteiger partial charge >= 0.3 is 0 Å². The van der Waals surface area contributed by atoms with E-state index in [1.165, 1.54) is 0 Å². The van der Waals surface area contributed by atoms with Gasteiger partial charge in [-0.05, 0) is 36.6 Å². The minimum absolute atomic E-state index is 0.145. The predicted octanol–water partition coefficient (Wildman–Crippen LogP) is 2.13. The fourth-order valence-electron chi connectivity index (χ4n) is 2.38. The van der Waals surface area contributed by atoms with Gasteiger partial charge in [0.2, 0.25) is 11.8 Å². The molecule has 2 atom stereocenters. The third-order valence-electron chi connectivity index (χ3n) is 4.08. The molecule has 0 aliphatic carbocycles. The van der Waals surface area contributed by atoms with E-state index in [1.807, 2.05) is 38.1 Å². The van der Waals surface area contributed by atoms with Crippen LogP contribution in [0, 0.1) is 5.92 Å². The summed E-state index contributed by atoms with van der Waals surface area (Å²) in [6, 6.07) is 6.82. The van der Waals surface area contributed by atoms with E-state index in [0.717, 1.165) is 25.1 Å². The van der Waals surface area contributed by atoms with Crippen molar-refractivity contribution in [3.63, 3.8) is 0 Å². The van der Waals surface area contributed by atoms with Crippen molar-refractivity contribution in [2.24, 2.45) is 11.7 Å². The number of rotatable bonds is 5. The topological polar surface area (TPSA) is 75.4 Å². The van der Waals surface area contributed by atoms with Gasteiger partial charge in [0.05, 0.1) is 6.04 Å². The standard InChI is InChI=1S/C16H23N3O2/c1-3-11(2)15(17)16(21)18-12-6-8-13(9-7-12)19-10-4-5-14(19)20/h6-9,11,15H,3-5,10,17H2,1-2H3,(H,18,21)/t11-,15-/m0/s1. The predicted molar refractivity (Wildman–Crippen MR) is 84.1 cm³/mol. The molecule has 3 N–H and O–H groups in total. The fourth-order valence-corrected chi connectivity index (χ4v) is 2.38. The van der Waals surface area contributed by atoms with Crippen LogP contribution >= 0.6 is 0 Å². The summed E-state index contributed by atoms with van der Waals surface area (Å²) in [7, 11) is 0. The van der Waals surface area contributed by atoms with Crippen molar-refractivity contribution >= 4 is 23.2 Å². The highest BCUT2D eigenvalue weighted by Crippen LogP contribution is 2.23. The summed E-state index contributed by atoms with van der Waals surface area (Å²) < 4.78 is 0. The number of hydrogen-bond donors (Lipinski definition) is 2. The SMILES string of the molecule is CC[C@H](C)[C@H](N)C(=O)Nc1ccc(N2CCCC2=O)cc1. The minimum Gasteiger partial charge on any atom is -0.325 e. The molecular formula is C16H23N3O2. The monoisotopic (exact) mass is 289 g/mol. The van der Waals surface area contributed by atoms with Gasteiger partial charge in [0.15, 0.2) is 0 Å². The molecule has 1 aliphatic heterocycles. The number of carbonyl (C=O) groups excluding carboxylic acids is 2. The Morgan fingerprint density at radius 3 is 2.57 bits per heavy atom. The Labute approximate surface area is 125 Å². The number of amides is 2. The number of anilines is 2. The average molecular weight is 289 g/mol. The van der Waals surface area contributed by atoms with E-state index in [4.69, 9.17) is 5.73 Å². The molecule has 5 heteroatoms. The van der Waals surface area contributed by atoms with E-state index < -0.39 is 6.04 Å². The van der Waals surface area contributed by atoms with Crippen LogP contribution < -0.4 is 16.0 Å². The molecule has 0 spiro atoms. The second kappa shape index (κ2) is 6.72. The van der Waals surface area contributed by atoms with E-state index in [2.05, 4.69) is 5.32 Å². The van der Waals surface area contributed by atoms with E-state index >= 15 is 0 Å². The first kappa shape index (κ1) is 15.5. The fraction of sp³-hybridized carbons (Fsp3) is 0.500. The van der Waals surface area contributed by atoms with Crippen LogP contribution in [0.5, 0.6) is 0 Å². The smallest absolute Gasteiger partial charge is 0.241 e. The summed E-state index contributed by atoms with van der Waals surface area (Å²) in [4.78, 5) is 25.5. The summed E-state index contributed by atoms with van der Waals surface area (Å²) in [5.41, 5.74) is 7.48. The largest absolute Gasteiger partial charge is 0.325 e. The second-order valence-electron chi connectivity index (χ2n) is 5.60. The Bertz CT molecular complexity index is 513. The molecule has 0 radical (unpaired) electrons. The zero-order valence-corrected chi connectivity index (χ0v) is 12.6. The lowest BCUT2D eigenvalue weighted by Gasteiger charge is -2.19. The zero-order valence-electron chi connectivity index (χ0n) is 12.6. The van der Waals surface area contributed by atoms with Gasteiger partial charge in [0.25, 0.3) is 0 Å². The van der Waals surface area contributed by atoms with Gasteiger partial charge in [-0.3, -0.25) is 9.59 Å². The summed E-state index contributed by atoms with van der Waals surface area (Å²) in [6.45, 7) is 4.75. The van der Waals surface area contributed by atoms with Gasteiger partial charge in [0, 0.05) is 24.3 Å². The van der Waals surface area contributed by atoms with Crippen molar-refractivity contribution in [3.05, 3.63) is 24.3 Å². The highest BCUT2D eigenvalue weighted by Gasteiger charge is 2.22. The molecule has 1 saturated heterocycles. The number of nitrogens with one attached hydrogen (secondary N) is 1. The summed E-state index contributed by atoms with van der Waals surface area (Å²) in [5, 5.41) is 2.82. The van der Waals surface area contributed by atoms with Gasteiger partial charge in [-0.15, -0.1) is 0 Å². The molecule has 0 aromatic heterocycles. The van der Waals surface area contributed by atoms with Crippen molar-refractivity contribution in [1.29, 1.82) is 0 Å². The lowest BCUT2D eigenvalue weighted by Crippen LogP contribution is -2.40. The number of nitrogens with zero attached hydrogens (tertiary/aromatic N) is 1. The minimum atomic E-state index is -0.505. The Morgan fingerprint density at radius 2 is 2.05 bits per heavy atom. The molecule has 114 valence electrons. The first-order valence-corrected chi connectivity index (χ1v) is 7.49. The van der Waals surface area contributed by atoms with Crippen LogP contribution in [0.1, 0.15) is 33.1 Å². The molecular weight excluding hydrogens is 266 g/mol. The molecule has 5 nitrogen and oxygen atoms in total. The molecule has 1 aliphatic rings. The first-order chi connectivity index (χ1) is 10.0. The molecule has 0 bridgehead atoms. The lowest BCUT2D eigenvalue weighted by atomic mass is 9.99. The maximum atomic E-state index is 12.0. The second-order valence-corrected chi connectivity index (χ2v) is 5.60. The van der Waals surface area contributed by atoms with Gasteiger partial charge in [-0.25, -0.2) is 0 Å². The lowest BCUT2D eigenvalue weighted by molar-refractivity contribution is -0.118. The quantitative estimate of drug-likeness (QED) is 0.872. The van der Waals surface area contributed by atoms with Crippen LogP contribution in [0.25, 0.3) is 0 Å². The number of carbonyl (C=O) groups is 2. The summed E-state index contributed by atoms with van der Waals surface area (Å²) in [6.07, 6.45) is 2.38. The first-order valence-electron chi connectivity index (χ1n) is 7.49. The van der Waals surface area contributed by atoms with Crippen LogP contribution in [0.2, 0.25) is 0 Å². The molecule has 21 heavy (non-hydrogen) atoms. The van der Waals surface area contributed by atoms with Crippen molar-refractivity contribution in [1.82, 2.24) is 0 Å². The zero-order chi connectivity index (χ0) is 15.4. The molecule has 0 saturated carbocycles. The van der Waals surface area contributed by atoms with Crippen molar-refractivity contribution in [3.8, 4) is 0 Å². The number of hydrogen-bond acceptors (Lipinski definition) is 3. The van der Waals surface area contributed by atoms with Crippen molar-refractivity contribution in [2.75, 3.05) is 16.8 Å². The third-order valence-corrected chi connectivity index (χ3v) is 4.08. The molecule has 1 aromatic carbocycles. The van der Waals surface area contributed by atoms with E-state index in [9.17, 15) is 9.59 Å².